The third kappa shape index (κ3) is 11.3. The first-order chi connectivity index (χ1) is 21.7. The Morgan fingerprint density at radius 1 is 0.957 bits per heavy atom. The van der Waals surface area contributed by atoms with E-state index in [0.717, 1.165) is 44.9 Å². The maximum atomic E-state index is 12.8. The van der Waals surface area contributed by atoms with Crippen LogP contribution in [-0.2, 0) is 37.6 Å². The van der Waals surface area contributed by atoms with E-state index in [2.05, 4.69) is 58.3 Å². The van der Waals surface area contributed by atoms with E-state index in [-0.39, 0.29) is 30.8 Å². The van der Waals surface area contributed by atoms with Gasteiger partial charge < -0.3 is 42.9 Å². The molecule has 268 valence electrons. The lowest BCUT2D eigenvalue weighted by molar-refractivity contribution is -0.168. The summed E-state index contributed by atoms with van der Waals surface area (Å²) in [6, 6.07) is 0. The Morgan fingerprint density at radius 3 is 2.24 bits per heavy atom. The average Bonchev–Trinajstić information content (AvgIpc) is 3.66. The highest BCUT2D eigenvalue weighted by Gasteiger charge is 2.59. The van der Waals surface area contributed by atoms with Crippen molar-refractivity contribution >= 4 is 14.4 Å². The van der Waals surface area contributed by atoms with Crippen molar-refractivity contribution in [3.63, 3.8) is 0 Å². The number of amides is 1. The standard InChI is InChI=1S/C35H65NO9Si/c1-10-11-12-18-21-35(40-23-24-41-35)22-19-16-14-13-15-17-20-28-29(45-33(5,6)44-28)30-34(25-39-27-38-7,36-31(37)43-30)26-42-46(8,9)32(2,3)4/h17,20,28-30H,10-16,18-19,21-27H2,1-9H3,(H,36,37)/b20-17-/t28-,29+,30-,34+/m0/s1. The van der Waals surface area contributed by atoms with Gasteiger partial charge in [0, 0.05) is 20.0 Å². The topological polar surface area (TPSA) is 103 Å². The lowest BCUT2D eigenvalue weighted by Gasteiger charge is -2.41. The molecular formula is C35H65NO9Si. The zero-order valence-corrected chi connectivity index (χ0v) is 31.4. The van der Waals surface area contributed by atoms with Gasteiger partial charge in [0.05, 0.1) is 26.4 Å². The Bertz CT molecular complexity index is 947. The van der Waals surface area contributed by atoms with E-state index < -0.39 is 44.0 Å². The largest absolute Gasteiger partial charge is 0.441 e. The molecule has 3 aliphatic rings. The van der Waals surface area contributed by atoms with E-state index in [0.29, 0.717) is 13.2 Å². The first-order valence-electron chi connectivity index (χ1n) is 17.7. The van der Waals surface area contributed by atoms with Gasteiger partial charge in [0.2, 0.25) is 0 Å². The summed E-state index contributed by atoms with van der Waals surface area (Å²) in [7, 11) is -0.587. The second-order valence-electron chi connectivity index (χ2n) is 15.3. The second kappa shape index (κ2) is 17.6. The minimum absolute atomic E-state index is 0.00546. The van der Waals surface area contributed by atoms with Crippen LogP contribution >= 0.6 is 0 Å². The van der Waals surface area contributed by atoms with Crippen LogP contribution in [0.25, 0.3) is 0 Å². The van der Waals surface area contributed by atoms with E-state index in [9.17, 15) is 4.79 Å². The highest BCUT2D eigenvalue weighted by molar-refractivity contribution is 6.74. The Morgan fingerprint density at radius 2 is 1.61 bits per heavy atom. The Hall–Kier alpha value is -1.05. The van der Waals surface area contributed by atoms with Gasteiger partial charge in [-0.3, -0.25) is 0 Å². The van der Waals surface area contributed by atoms with Gasteiger partial charge in [0.25, 0.3) is 0 Å². The first-order valence-corrected chi connectivity index (χ1v) is 20.6. The van der Waals surface area contributed by atoms with E-state index in [1.54, 1.807) is 7.11 Å². The van der Waals surface area contributed by atoms with E-state index in [1.165, 1.54) is 25.7 Å². The molecule has 0 saturated carbocycles. The fourth-order valence-corrected chi connectivity index (χ4v) is 7.25. The summed E-state index contributed by atoms with van der Waals surface area (Å²) in [5.74, 6) is -1.20. The third-order valence-corrected chi connectivity index (χ3v) is 14.4. The van der Waals surface area contributed by atoms with Gasteiger partial charge in [-0.2, -0.15) is 0 Å². The van der Waals surface area contributed by atoms with Crippen molar-refractivity contribution in [1.29, 1.82) is 0 Å². The quantitative estimate of drug-likeness (QED) is 0.0572. The number of hydrogen-bond acceptors (Lipinski definition) is 9. The molecule has 1 amide bonds. The van der Waals surface area contributed by atoms with Crippen LogP contribution in [0.5, 0.6) is 0 Å². The third-order valence-electron chi connectivity index (χ3n) is 9.88. The number of carbonyl (C=O) groups excluding carboxylic acids is 1. The Labute approximate surface area is 280 Å². The molecule has 0 aliphatic carbocycles. The fourth-order valence-electron chi connectivity index (χ4n) is 6.20. The van der Waals surface area contributed by atoms with Crippen LogP contribution in [0.2, 0.25) is 18.1 Å². The van der Waals surface area contributed by atoms with Crippen molar-refractivity contribution in [2.45, 2.75) is 166 Å². The molecule has 10 nitrogen and oxygen atoms in total. The molecule has 3 saturated heterocycles. The molecular weight excluding hydrogens is 606 g/mol. The molecule has 3 heterocycles. The predicted octanol–water partition coefficient (Wildman–Crippen LogP) is 7.61. The van der Waals surface area contributed by atoms with Crippen LogP contribution in [0, 0.1) is 0 Å². The number of ether oxygens (including phenoxy) is 7. The predicted molar refractivity (Wildman–Crippen MR) is 181 cm³/mol. The molecule has 0 bridgehead atoms. The van der Waals surface area contributed by atoms with Crippen molar-refractivity contribution < 1.29 is 42.4 Å². The maximum absolute atomic E-state index is 12.8. The molecule has 4 atom stereocenters. The number of rotatable bonds is 21. The van der Waals surface area contributed by atoms with Gasteiger partial charge in [-0.1, -0.05) is 72.0 Å². The molecule has 1 N–H and O–H groups in total. The number of nitrogens with one attached hydrogen (secondary N) is 1. The summed E-state index contributed by atoms with van der Waals surface area (Å²) in [4.78, 5) is 12.8. The number of allylic oxidation sites excluding steroid dienone is 1. The highest BCUT2D eigenvalue weighted by atomic mass is 28.4. The van der Waals surface area contributed by atoms with Crippen LogP contribution in [0.4, 0.5) is 4.79 Å². The summed E-state index contributed by atoms with van der Waals surface area (Å²) >= 11 is 0. The van der Waals surface area contributed by atoms with Gasteiger partial charge >= 0.3 is 6.09 Å². The lowest BCUT2D eigenvalue weighted by atomic mass is 9.88. The average molecular weight is 672 g/mol. The van der Waals surface area contributed by atoms with Gasteiger partial charge in [-0.25, -0.2) is 4.79 Å². The Kier molecular flexibility index (Phi) is 15.0. The van der Waals surface area contributed by atoms with Crippen molar-refractivity contribution in [2.75, 3.05) is 40.3 Å². The lowest BCUT2D eigenvalue weighted by Crippen LogP contribution is -2.62. The number of methoxy groups -OCH3 is 1. The molecule has 0 unspecified atom stereocenters. The second-order valence-corrected chi connectivity index (χ2v) is 20.1. The molecule has 11 heteroatoms. The number of unbranched alkanes of at least 4 members (excludes halogenated alkanes) is 7. The van der Waals surface area contributed by atoms with E-state index >= 15 is 0 Å². The van der Waals surface area contributed by atoms with Crippen LogP contribution in [0.3, 0.4) is 0 Å². The van der Waals surface area contributed by atoms with Gasteiger partial charge in [0.1, 0.15) is 24.5 Å². The summed E-state index contributed by atoms with van der Waals surface area (Å²) < 4.78 is 48.5. The smallest absolute Gasteiger partial charge is 0.408 e. The molecule has 46 heavy (non-hydrogen) atoms. The van der Waals surface area contributed by atoms with Gasteiger partial charge in [-0.15, -0.1) is 0 Å². The maximum Gasteiger partial charge on any atom is 0.408 e. The summed E-state index contributed by atoms with van der Waals surface area (Å²) in [6.45, 7) is 18.9. The van der Waals surface area contributed by atoms with Crippen molar-refractivity contribution in [3.8, 4) is 0 Å². The molecule has 0 aromatic carbocycles. The zero-order chi connectivity index (χ0) is 33.9. The number of cyclic esters (lactones) is 1. The molecule has 3 aliphatic heterocycles. The summed E-state index contributed by atoms with van der Waals surface area (Å²) in [5.41, 5.74) is -0.966. The summed E-state index contributed by atoms with van der Waals surface area (Å²) in [6.07, 6.45) is 14.4. The van der Waals surface area contributed by atoms with Crippen LogP contribution < -0.4 is 5.32 Å². The molecule has 0 aromatic rings. The van der Waals surface area contributed by atoms with Gasteiger partial charge in [-0.05, 0) is 57.7 Å². The highest BCUT2D eigenvalue weighted by Crippen LogP contribution is 2.41. The van der Waals surface area contributed by atoms with E-state index in [1.807, 2.05) is 13.8 Å². The van der Waals surface area contributed by atoms with Crippen LogP contribution in [0.15, 0.2) is 12.2 Å². The van der Waals surface area contributed by atoms with Crippen LogP contribution in [-0.4, -0.2) is 90.2 Å². The molecule has 0 aromatic heterocycles. The number of alkyl carbamates (subject to hydrolysis) is 1. The normalized spacial score (nSPS) is 27.8. The number of carbonyl (C=O) groups is 1. The summed E-state index contributed by atoms with van der Waals surface area (Å²) in [5, 5.41) is 3.03. The SMILES string of the molecule is CCCCCCC1(CCCCCC/C=C\[C@@H]2OC(C)(C)O[C@H]2[C@@H]2OC(=O)N[C@]2(COCOC)CO[Si](C)(C)C(C)(C)C)OCCO1. The molecule has 3 rings (SSSR count). The van der Waals surface area contributed by atoms with Crippen LogP contribution in [0.1, 0.15) is 112 Å². The first kappa shape index (κ1) is 39.4. The monoisotopic (exact) mass is 671 g/mol. The van der Waals surface area contributed by atoms with E-state index in [4.69, 9.17) is 37.6 Å². The zero-order valence-electron chi connectivity index (χ0n) is 30.4. The van der Waals surface area contributed by atoms with Crippen molar-refractivity contribution in [2.24, 2.45) is 0 Å². The molecule has 0 spiro atoms. The molecule has 3 fully saturated rings. The fraction of sp³-hybridized carbons (Fsp3) is 0.914. The van der Waals surface area contributed by atoms with Crippen molar-refractivity contribution in [3.05, 3.63) is 12.2 Å². The van der Waals surface area contributed by atoms with Crippen molar-refractivity contribution in [1.82, 2.24) is 5.32 Å². The Balaban J connectivity index is 1.58. The number of hydrogen-bond donors (Lipinski definition) is 1. The van der Waals surface area contributed by atoms with Gasteiger partial charge in [0.15, 0.2) is 26.0 Å². The minimum atomic E-state index is -2.16. The minimum Gasteiger partial charge on any atom is -0.441 e. The molecule has 0 radical (unpaired) electrons.